The number of benzene rings is 1. The number of carbonyl (C=O) groups excluding carboxylic acids is 1. The highest BCUT2D eigenvalue weighted by Gasteiger charge is 2.24. The molecule has 2 aromatic rings. The molecule has 5 heteroatoms. The number of hydrogen-bond donors (Lipinski definition) is 1. The maximum atomic E-state index is 13.3. The van der Waals surface area contributed by atoms with Gasteiger partial charge in [-0.25, -0.2) is 4.79 Å². The molecule has 0 spiro atoms. The molecule has 0 unspecified atom stereocenters. The molecule has 2 rings (SSSR count). The van der Waals surface area contributed by atoms with Crippen LogP contribution in [0.2, 0.25) is 0 Å². The zero-order valence-corrected chi connectivity index (χ0v) is 16.1. The van der Waals surface area contributed by atoms with Crippen molar-refractivity contribution in [3.8, 4) is 0 Å². The Morgan fingerprint density at radius 1 is 1.23 bits per heavy atom. The maximum absolute atomic E-state index is 13.3. The first kappa shape index (κ1) is 19.6. The maximum Gasteiger partial charge on any atom is 0.329 e. The fourth-order valence-electron chi connectivity index (χ4n) is 3.09. The first-order chi connectivity index (χ1) is 12.3. The van der Waals surface area contributed by atoms with Crippen LogP contribution < -0.4 is 11.2 Å². The number of ketones is 1. The van der Waals surface area contributed by atoms with E-state index >= 15 is 0 Å². The molecule has 0 atom stereocenters. The van der Waals surface area contributed by atoms with Gasteiger partial charge < -0.3 is 0 Å². The molecule has 0 aliphatic heterocycles. The minimum atomic E-state index is -0.566. The molecule has 26 heavy (non-hydrogen) atoms. The summed E-state index contributed by atoms with van der Waals surface area (Å²) in [4.78, 5) is 40.5. The van der Waals surface area contributed by atoms with Gasteiger partial charge in [-0.05, 0) is 43.9 Å². The zero-order valence-electron chi connectivity index (χ0n) is 16.1. The van der Waals surface area contributed by atoms with Crippen molar-refractivity contribution in [1.29, 1.82) is 0 Å². The van der Waals surface area contributed by atoms with Gasteiger partial charge in [0, 0.05) is 17.7 Å². The molecule has 0 saturated heterocycles. The van der Waals surface area contributed by atoms with E-state index in [-0.39, 0.29) is 23.9 Å². The Kier molecular flexibility index (Phi) is 6.14. The number of allylic oxidation sites excluding steroid dienone is 2. The third kappa shape index (κ3) is 3.93. The Balaban J connectivity index is 2.81. The van der Waals surface area contributed by atoms with E-state index in [0.29, 0.717) is 11.1 Å². The highest BCUT2D eigenvalue weighted by molar-refractivity contribution is 6.09. The van der Waals surface area contributed by atoms with Crippen molar-refractivity contribution in [1.82, 2.24) is 9.55 Å². The van der Waals surface area contributed by atoms with Crippen molar-refractivity contribution in [3.63, 3.8) is 0 Å². The zero-order chi connectivity index (χ0) is 19.4. The van der Waals surface area contributed by atoms with Crippen LogP contribution in [0.3, 0.4) is 0 Å². The van der Waals surface area contributed by atoms with Crippen LogP contribution in [0.4, 0.5) is 0 Å². The molecular formula is C21H26N2O3. The van der Waals surface area contributed by atoms with Gasteiger partial charge in [0.1, 0.15) is 5.69 Å². The van der Waals surface area contributed by atoms with Crippen molar-refractivity contribution in [2.24, 2.45) is 0 Å². The lowest BCUT2D eigenvalue weighted by atomic mass is 9.95. The van der Waals surface area contributed by atoms with Crippen LogP contribution in [0, 0.1) is 6.92 Å². The van der Waals surface area contributed by atoms with E-state index < -0.39 is 11.2 Å². The SMILES string of the molecule is C/C=C/Cn1c(C(=O)c2cc(C)cc(CC)c2)c(C(C)C)c(=O)[nH]c1=O. The Morgan fingerprint density at radius 2 is 1.92 bits per heavy atom. The van der Waals surface area contributed by atoms with E-state index in [1.807, 2.05) is 52.8 Å². The summed E-state index contributed by atoms with van der Waals surface area (Å²) in [5.74, 6) is -0.481. The molecule has 0 saturated carbocycles. The summed E-state index contributed by atoms with van der Waals surface area (Å²) < 4.78 is 1.35. The molecule has 0 aliphatic carbocycles. The second kappa shape index (κ2) is 8.13. The quantitative estimate of drug-likeness (QED) is 0.639. The number of carbonyl (C=O) groups is 1. The van der Waals surface area contributed by atoms with Crippen LogP contribution in [-0.2, 0) is 13.0 Å². The lowest BCUT2D eigenvalue weighted by molar-refractivity contribution is 0.102. The topological polar surface area (TPSA) is 71.9 Å². The minimum absolute atomic E-state index is 0.180. The van der Waals surface area contributed by atoms with Gasteiger partial charge in [-0.3, -0.25) is 19.1 Å². The average molecular weight is 354 g/mol. The summed E-state index contributed by atoms with van der Waals surface area (Å²) in [6, 6.07) is 5.67. The molecule has 5 nitrogen and oxygen atoms in total. The van der Waals surface area contributed by atoms with Crippen LogP contribution in [0.25, 0.3) is 0 Å². The molecule has 1 heterocycles. The second-order valence-electron chi connectivity index (χ2n) is 6.75. The highest BCUT2D eigenvalue weighted by atomic mass is 16.2. The van der Waals surface area contributed by atoms with Gasteiger partial charge in [0.05, 0.1) is 0 Å². The van der Waals surface area contributed by atoms with Crippen LogP contribution >= 0.6 is 0 Å². The lowest BCUT2D eigenvalue weighted by Crippen LogP contribution is -2.37. The Bertz CT molecular complexity index is 962. The lowest BCUT2D eigenvalue weighted by Gasteiger charge is -2.17. The van der Waals surface area contributed by atoms with E-state index in [4.69, 9.17) is 0 Å². The monoisotopic (exact) mass is 354 g/mol. The molecule has 1 aromatic heterocycles. The summed E-state index contributed by atoms with van der Waals surface area (Å²) in [6.45, 7) is 9.73. The first-order valence-corrected chi connectivity index (χ1v) is 8.93. The van der Waals surface area contributed by atoms with Crippen molar-refractivity contribution in [2.45, 2.75) is 53.5 Å². The number of rotatable bonds is 6. The molecule has 1 aromatic carbocycles. The number of nitrogens with zero attached hydrogens (tertiary/aromatic N) is 1. The molecule has 0 aliphatic rings. The summed E-state index contributed by atoms with van der Waals surface area (Å²) in [7, 11) is 0. The van der Waals surface area contributed by atoms with Gasteiger partial charge in [0.25, 0.3) is 5.56 Å². The van der Waals surface area contributed by atoms with Gasteiger partial charge >= 0.3 is 5.69 Å². The van der Waals surface area contributed by atoms with E-state index in [1.54, 1.807) is 12.1 Å². The number of aromatic amines is 1. The summed E-state index contributed by atoms with van der Waals surface area (Å²) in [6.07, 6.45) is 4.40. The molecule has 0 radical (unpaired) electrons. The summed E-state index contributed by atoms with van der Waals surface area (Å²) in [5, 5.41) is 0. The van der Waals surface area contributed by atoms with Gasteiger partial charge in [-0.15, -0.1) is 0 Å². The molecule has 1 N–H and O–H groups in total. The van der Waals surface area contributed by atoms with E-state index in [9.17, 15) is 14.4 Å². The molecule has 138 valence electrons. The van der Waals surface area contributed by atoms with Gasteiger partial charge in [0.15, 0.2) is 0 Å². The van der Waals surface area contributed by atoms with Crippen LogP contribution in [-0.4, -0.2) is 15.3 Å². The van der Waals surface area contributed by atoms with Crippen LogP contribution in [0.1, 0.15) is 66.4 Å². The van der Waals surface area contributed by atoms with Crippen molar-refractivity contribution < 1.29 is 4.79 Å². The normalized spacial score (nSPS) is 11.5. The van der Waals surface area contributed by atoms with Gasteiger partial charge in [-0.2, -0.15) is 0 Å². The summed E-state index contributed by atoms with van der Waals surface area (Å²) in [5.41, 5.74) is 2.00. The third-order valence-corrected chi connectivity index (χ3v) is 4.36. The molecule has 0 bridgehead atoms. The van der Waals surface area contributed by atoms with E-state index in [2.05, 4.69) is 4.98 Å². The number of aryl methyl sites for hydroxylation is 2. The molecular weight excluding hydrogens is 328 g/mol. The third-order valence-electron chi connectivity index (χ3n) is 4.36. The predicted octanol–water partition coefficient (Wildman–Crippen LogP) is 3.34. The minimum Gasteiger partial charge on any atom is -0.287 e. The second-order valence-corrected chi connectivity index (χ2v) is 6.75. The van der Waals surface area contributed by atoms with E-state index in [0.717, 1.165) is 17.5 Å². The van der Waals surface area contributed by atoms with Crippen LogP contribution in [0.5, 0.6) is 0 Å². The Hall–Kier alpha value is -2.69. The Labute approximate surface area is 153 Å². The molecule has 0 fully saturated rings. The number of nitrogens with one attached hydrogen (secondary N) is 1. The first-order valence-electron chi connectivity index (χ1n) is 8.93. The predicted molar refractivity (Wildman–Crippen MR) is 104 cm³/mol. The van der Waals surface area contributed by atoms with Crippen molar-refractivity contribution in [2.75, 3.05) is 0 Å². The van der Waals surface area contributed by atoms with Crippen molar-refractivity contribution in [3.05, 3.63) is 79.1 Å². The molecule has 0 amide bonds. The number of H-pyrrole nitrogens is 1. The van der Waals surface area contributed by atoms with E-state index in [1.165, 1.54) is 4.57 Å². The van der Waals surface area contributed by atoms with Crippen molar-refractivity contribution >= 4 is 5.78 Å². The average Bonchev–Trinajstić information content (AvgIpc) is 2.58. The Morgan fingerprint density at radius 3 is 2.50 bits per heavy atom. The largest absolute Gasteiger partial charge is 0.329 e. The standard InChI is InChI=1S/C21H26N2O3/c1-6-8-9-23-18(17(13(3)4)20(25)22-21(23)26)19(24)16-11-14(5)10-15(7-2)12-16/h6,8,10-13H,7,9H2,1-5H3,(H,22,25,26)/b8-6+. The summed E-state index contributed by atoms with van der Waals surface area (Å²) >= 11 is 0. The number of aromatic nitrogens is 2. The number of hydrogen-bond acceptors (Lipinski definition) is 3. The van der Waals surface area contributed by atoms with Gasteiger partial charge in [-0.1, -0.05) is 44.6 Å². The van der Waals surface area contributed by atoms with Crippen LogP contribution in [0.15, 0.2) is 39.9 Å². The van der Waals surface area contributed by atoms with Gasteiger partial charge in [0.2, 0.25) is 5.78 Å². The highest BCUT2D eigenvalue weighted by Crippen LogP contribution is 2.20. The fraction of sp³-hybridized carbons (Fsp3) is 0.381. The smallest absolute Gasteiger partial charge is 0.287 e. The fourth-order valence-corrected chi connectivity index (χ4v) is 3.09.